The van der Waals surface area contributed by atoms with Crippen molar-refractivity contribution in [2.45, 2.75) is 58.2 Å². The number of hydrogen-bond acceptors (Lipinski definition) is 5. The smallest absolute Gasteiger partial charge is 0.0946 e. The number of rotatable bonds is 12. The zero-order valence-corrected chi connectivity index (χ0v) is 18.0. The molecule has 0 bridgehead atoms. The average Bonchev–Trinajstić information content (AvgIpc) is 2.71. The van der Waals surface area contributed by atoms with Crippen molar-refractivity contribution in [3.63, 3.8) is 0 Å². The Morgan fingerprint density at radius 2 is 1.59 bits per heavy atom. The first-order chi connectivity index (χ1) is 13.8. The zero-order valence-electron chi connectivity index (χ0n) is 17.2. The minimum absolute atomic E-state index is 0.0707. The van der Waals surface area contributed by atoms with Crippen LogP contribution >= 0.6 is 0 Å². The summed E-state index contributed by atoms with van der Waals surface area (Å²) in [6, 6.07) is 16.5. The molecule has 0 amide bonds. The predicted octanol–water partition coefficient (Wildman–Crippen LogP) is 4.32. The molecule has 0 aliphatic rings. The zero-order chi connectivity index (χ0) is 21.3. The van der Waals surface area contributed by atoms with Crippen LogP contribution in [0.5, 0.6) is 0 Å². The molecule has 2 rings (SSSR count). The molecule has 0 heterocycles. The first-order valence-electron chi connectivity index (χ1n) is 10.1. The molecule has 0 radical (unpaired) electrons. The summed E-state index contributed by atoms with van der Waals surface area (Å²) < 4.78 is 37.1. The lowest BCUT2D eigenvalue weighted by atomic mass is 9.84. The van der Waals surface area contributed by atoms with E-state index in [0.717, 1.165) is 24.0 Å². The average molecular weight is 420 g/mol. The van der Waals surface area contributed by atoms with Crippen molar-refractivity contribution >= 4 is 10.1 Å². The van der Waals surface area contributed by atoms with Gasteiger partial charge in [0.25, 0.3) is 0 Å². The van der Waals surface area contributed by atoms with E-state index in [9.17, 15) is 18.1 Å². The number of aliphatic hydroxyl groups is 1. The molecule has 0 spiro atoms. The molecule has 2 unspecified atom stereocenters. The van der Waals surface area contributed by atoms with Crippen molar-refractivity contribution < 1.29 is 22.8 Å². The third-order valence-electron chi connectivity index (χ3n) is 5.27. The van der Waals surface area contributed by atoms with Gasteiger partial charge in [0.1, 0.15) is 0 Å². The van der Waals surface area contributed by atoms with Gasteiger partial charge in [0, 0.05) is 12.4 Å². The van der Waals surface area contributed by atoms with Crippen molar-refractivity contribution in [3.05, 3.63) is 70.8 Å². The van der Waals surface area contributed by atoms with Crippen molar-refractivity contribution in [1.29, 1.82) is 0 Å². The minimum atomic E-state index is -4.16. The molecule has 0 saturated carbocycles. The largest absolute Gasteiger partial charge is 0.748 e. The van der Waals surface area contributed by atoms with Gasteiger partial charge in [-0.2, -0.15) is 0 Å². The van der Waals surface area contributed by atoms with Crippen LogP contribution in [0.25, 0.3) is 0 Å². The van der Waals surface area contributed by atoms with Crippen LogP contribution in [0.15, 0.2) is 48.5 Å². The highest BCUT2D eigenvalue weighted by Gasteiger charge is 2.15. The monoisotopic (exact) mass is 419 g/mol. The van der Waals surface area contributed by atoms with E-state index in [0.29, 0.717) is 18.4 Å². The van der Waals surface area contributed by atoms with E-state index in [4.69, 9.17) is 4.74 Å². The normalized spacial score (nSPS) is 13.9. The first kappa shape index (κ1) is 23.5. The molecule has 0 saturated heterocycles. The molecule has 160 valence electrons. The number of hydrogen-bond donors (Lipinski definition) is 1. The van der Waals surface area contributed by atoms with Gasteiger partial charge in [0.2, 0.25) is 0 Å². The summed E-state index contributed by atoms with van der Waals surface area (Å²) >= 11 is 0. The summed E-state index contributed by atoms with van der Waals surface area (Å²) in [5, 5.41) is 9.21. The Morgan fingerprint density at radius 3 is 2.14 bits per heavy atom. The Hall–Kier alpha value is -1.73. The fourth-order valence-electron chi connectivity index (χ4n) is 3.47. The van der Waals surface area contributed by atoms with Crippen LogP contribution in [0.1, 0.15) is 67.2 Å². The van der Waals surface area contributed by atoms with Crippen LogP contribution in [0.2, 0.25) is 0 Å². The third kappa shape index (κ3) is 8.26. The van der Waals surface area contributed by atoms with E-state index in [1.165, 1.54) is 11.1 Å². The molecular formula is C23H31O5S-. The van der Waals surface area contributed by atoms with Gasteiger partial charge in [0.05, 0.1) is 23.3 Å². The number of aliphatic hydroxyl groups excluding tert-OH is 1. The van der Waals surface area contributed by atoms with Gasteiger partial charge >= 0.3 is 0 Å². The molecule has 0 aliphatic heterocycles. The van der Waals surface area contributed by atoms with Crippen molar-refractivity contribution in [3.8, 4) is 0 Å². The van der Waals surface area contributed by atoms with Gasteiger partial charge in [0.15, 0.2) is 0 Å². The van der Waals surface area contributed by atoms with Crippen molar-refractivity contribution in [1.82, 2.24) is 0 Å². The molecule has 1 N–H and O–H groups in total. The highest BCUT2D eigenvalue weighted by Crippen LogP contribution is 2.32. The predicted molar refractivity (Wildman–Crippen MR) is 114 cm³/mol. The molecule has 2 atom stereocenters. The lowest BCUT2D eigenvalue weighted by Gasteiger charge is -2.21. The van der Waals surface area contributed by atoms with Gasteiger partial charge in [-0.3, -0.25) is 0 Å². The Balaban J connectivity index is 1.85. The fourth-order valence-corrected chi connectivity index (χ4v) is 3.94. The summed E-state index contributed by atoms with van der Waals surface area (Å²) in [5.74, 6) is 0.498. The first-order valence-corrected chi connectivity index (χ1v) is 11.7. The van der Waals surface area contributed by atoms with Crippen LogP contribution < -0.4 is 0 Å². The molecule has 29 heavy (non-hydrogen) atoms. The van der Waals surface area contributed by atoms with E-state index in [2.05, 4.69) is 38.1 Å². The van der Waals surface area contributed by atoms with Gasteiger partial charge in [-0.25, -0.2) is 8.42 Å². The minimum Gasteiger partial charge on any atom is -0.748 e. The molecule has 2 aromatic carbocycles. The van der Waals surface area contributed by atoms with Crippen molar-refractivity contribution in [2.24, 2.45) is 0 Å². The van der Waals surface area contributed by atoms with Gasteiger partial charge in [-0.1, -0.05) is 62.4 Å². The topological polar surface area (TPSA) is 86.7 Å². The maximum absolute atomic E-state index is 10.6. The van der Waals surface area contributed by atoms with Crippen LogP contribution in [-0.2, 0) is 28.1 Å². The van der Waals surface area contributed by atoms with Crippen LogP contribution in [0.3, 0.4) is 0 Å². The maximum Gasteiger partial charge on any atom is 0.0946 e. The Bertz CT molecular complexity index is 829. The number of ether oxygens (including phenoxy) is 1. The Labute approximate surface area is 174 Å². The summed E-state index contributed by atoms with van der Waals surface area (Å²) in [7, 11) is -4.16. The molecular weight excluding hydrogens is 388 g/mol. The third-order valence-corrected chi connectivity index (χ3v) is 6.05. The van der Waals surface area contributed by atoms with E-state index < -0.39 is 10.1 Å². The van der Waals surface area contributed by atoms with E-state index in [1.54, 1.807) is 0 Å². The molecule has 0 aliphatic carbocycles. The quantitative estimate of drug-likeness (QED) is 0.409. The number of benzene rings is 2. The summed E-state index contributed by atoms with van der Waals surface area (Å²) in [6.45, 7) is 5.17. The summed E-state index contributed by atoms with van der Waals surface area (Å²) in [4.78, 5) is 0. The Kier molecular flexibility index (Phi) is 9.30. The van der Waals surface area contributed by atoms with Gasteiger partial charge in [-0.05, 0) is 53.4 Å². The molecule has 5 nitrogen and oxygen atoms in total. The lowest BCUT2D eigenvalue weighted by molar-refractivity contribution is 0.121. The summed E-state index contributed by atoms with van der Waals surface area (Å²) in [6.07, 6.45) is 2.33. The Morgan fingerprint density at radius 1 is 1.00 bits per heavy atom. The maximum atomic E-state index is 10.6. The second-order valence-electron chi connectivity index (χ2n) is 7.55. The molecule has 6 heteroatoms. The van der Waals surface area contributed by atoms with E-state index in [1.807, 2.05) is 24.3 Å². The highest BCUT2D eigenvalue weighted by atomic mass is 32.2. The molecule has 0 fully saturated rings. The second-order valence-corrected chi connectivity index (χ2v) is 9.07. The van der Waals surface area contributed by atoms with Crippen LogP contribution in [0, 0.1) is 0 Å². The highest BCUT2D eigenvalue weighted by molar-refractivity contribution is 7.85. The SMILES string of the molecule is CCC(CC(C)c1ccc(COCCCS(=O)(=O)[O-])cc1)c1ccc(CO)cc1. The van der Waals surface area contributed by atoms with Crippen LogP contribution in [-0.4, -0.2) is 30.4 Å². The van der Waals surface area contributed by atoms with Crippen LogP contribution in [0.4, 0.5) is 0 Å². The summed E-state index contributed by atoms with van der Waals surface area (Å²) in [5.41, 5.74) is 4.54. The lowest BCUT2D eigenvalue weighted by Crippen LogP contribution is -2.07. The fraction of sp³-hybridized carbons (Fsp3) is 0.478. The standard InChI is InChI=1S/C23H32O5S/c1-3-21(23-11-5-19(16-24)6-12-23)15-18(2)22-9-7-20(8-10-22)17-28-13-4-14-29(25,26)27/h5-12,18,21,24H,3-4,13-17H2,1-2H3,(H,25,26,27)/p-1. The molecule has 0 aromatic heterocycles. The van der Waals surface area contributed by atoms with E-state index in [-0.39, 0.29) is 25.4 Å². The van der Waals surface area contributed by atoms with E-state index >= 15 is 0 Å². The van der Waals surface area contributed by atoms with Gasteiger partial charge in [-0.15, -0.1) is 0 Å². The van der Waals surface area contributed by atoms with Gasteiger partial charge < -0.3 is 14.4 Å². The molecule has 2 aromatic rings. The van der Waals surface area contributed by atoms with Crippen molar-refractivity contribution in [2.75, 3.05) is 12.4 Å². The second kappa shape index (κ2) is 11.5.